The number of hydrogen-bond acceptors (Lipinski definition) is 4. The molecule has 1 saturated heterocycles. The van der Waals surface area contributed by atoms with Crippen LogP contribution in [0.25, 0.3) is 6.08 Å². The molecule has 0 aliphatic carbocycles. The number of aliphatic hydroxyl groups excluding tert-OH is 1. The predicted molar refractivity (Wildman–Crippen MR) is 81.5 cm³/mol. The van der Waals surface area contributed by atoms with Crippen LogP contribution in [-0.2, 0) is 4.79 Å². The molecule has 1 aliphatic rings. The van der Waals surface area contributed by atoms with Gasteiger partial charge in [-0.2, -0.15) is 0 Å². The average molecular weight is 294 g/mol. The van der Waals surface area contributed by atoms with Gasteiger partial charge in [-0.25, -0.2) is 4.98 Å². The molecule has 4 nitrogen and oxygen atoms in total. The summed E-state index contributed by atoms with van der Waals surface area (Å²) >= 11 is 1.58. The Hall–Kier alpha value is -1.20. The van der Waals surface area contributed by atoms with Gasteiger partial charge in [0.05, 0.1) is 10.7 Å². The molecule has 2 rings (SSSR count). The summed E-state index contributed by atoms with van der Waals surface area (Å²) in [5.74, 6) is 0.0401. The van der Waals surface area contributed by atoms with Gasteiger partial charge in [0.25, 0.3) is 0 Å². The van der Waals surface area contributed by atoms with E-state index in [-0.39, 0.29) is 17.9 Å². The first kappa shape index (κ1) is 15.2. The van der Waals surface area contributed by atoms with Crippen LogP contribution in [0.1, 0.15) is 36.9 Å². The van der Waals surface area contributed by atoms with Crippen LogP contribution >= 0.6 is 11.3 Å². The van der Waals surface area contributed by atoms with E-state index in [1.165, 1.54) is 0 Å². The summed E-state index contributed by atoms with van der Waals surface area (Å²) in [6.07, 6.45) is 6.12. The smallest absolute Gasteiger partial charge is 0.246 e. The summed E-state index contributed by atoms with van der Waals surface area (Å²) in [6, 6.07) is 0. The molecule has 0 saturated carbocycles. The topological polar surface area (TPSA) is 53.4 Å². The second-order valence-corrected chi connectivity index (χ2v) is 6.52. The number of nitrogens with zero attached hydrogens (tertiary/aromatic N) is 2. The minimum absolute atomic E-state index is 0.0204. The lowest BCUT2D eigenvalue weighted by atomic mass is 9.77. The Bertz CT molecular complexity index is 482. The van der Waals surface area contributed by atoms with Crippen LogP contribution in [0, 0.1) is 12.3 Å². The van der Waals surface area contributed by atoms with Gasteiger partial charge in [0.2, 0.25) is 5.91 Å². The minimum Gasteiger partial charge on any atom is -0.396 e. The molecule has 0 unspecified atom stereocenters. The molecule has 0 bridgehead atoms. The first-order chi connectivity index (χ1) is 9.58. The zero-order valence-electron chi connectivity index (χ0n) is 12.1. The molecule has 20 heavy (non-hydrogen) atoms. The average Bonchev–Trinajstić information content (AvgIpc) is 2.90. The number of hydrogen-bond donors (Lipinski definition) is 1. The standard InChI is InChI=1S/C15H22N2O2S/c1-3-15(11-18)6-8-17(9-7-15)14(19)5-4-13-10-20-12(2)16-13/h4-5,10,18H,3,6-9,11H2,1-2H3/b5-4+. The molecule has 1 aliphatic heterocycles. The Morgan fingerprint density at radius 2 is 2.25 bits per heavy atom. The van der Waals surface area contributed by atoms with E-state index in [2.05, 4.69) is 11.9 Å². The quantitative estimate of drug-likeness (QED) is 0.868. The van der Waals surface area contributed by atoms with Crippen molar-refractivity contribution >= 4 is 23.3 Å². The third-order valence-corrected chi connectivity index (χ3v) is 5.05. The fourth-order valence-electron chi connectivity index (χ4n) is 2.54. The zero-order chi connectivity index (χ0) is 14.6. The van der Waals surface area contributed by atoms with Crippen LogP contribution in [0.3, 0.4) is 0 Å². The molecular formula is C15H22N2O2S. The maximum atomic E-state index is 12.1. The normalized spacial score (nSPS) is 18.6. The van der Waals surface area contributed by atoms with E-state index >= 15 is 0 Å². The summed E-state index contributed by atoms with van der Waals surface area (Å²) in [5, 5.41) is 12.4. The third kappa shape index (κ3) is 3.46. The van der Waals surface area contributed by atoms with E-state index in [9.17, 15) is 9.90 Å². The molecule has 1 aromatic rings. The van der Waals surface area contributed by atoms with Crippen LogP contribution in [0.15, 0.2) is 11.5 Å². The van der Waals surface area contributed by atoms with Crippen molar-refractivity contribution in [3.63, 3.8) is 0 Å². The number of aryl methyl sites for hydroxylation is 1. The molecule has 0 radical (unpaired) electrons. The molecule has 2 heterocycles. The second kappa shape index (κ2) is 6.50. The van der Waals surface area contributed by atoms with Crippen molar-refractivity contribution in [1.29, 1.82) is 0 Å². The van der Waals surface area contributed by atoms with Crippen molar-refractivity contribution in [3.8, 4) is 0 Å². The molecule has 1 N–H and O–H groups in total. The van der Waals surface area contributed by atoms with Gasteiger partial charge in [0.1, 0.15) is 0 Å². The summed E-state index contributed by atoms with van der Waals surface area (Å²) in [6.45, 7) is 5.74. The van der Waals surface area contributed by atoms with Gasteiger partial charge >= 0.3 is 0 Å². The lowest BCUT2D eigenvalue weighted by Gasteiger charge is -2.39. The molecule has 0 atom stereocenters. The van der Waals surface area contributed by atoms with Crippen molar-refractivity contribution in [2.75, 3.05) is 19.7 Å². The van der Waals surface area contributed by atoms with Crippen LogP contribution in [0.5, 0.6) is 0 Å². The van der Waals surface area contributed by atoms with Gasteiger partial charge in [-0.15, -0.1) is 11.3 Å². The lowest BCUT2D eigenvalue weighted by molar-refractivity contribution is -0.128. The summed E-state index contributed by atoms with van der Waals surface area (Å²) in [5.41, 5.74) is 0.864. The number of aliphatic hydroxyl groups is 1. The number of piperidine rings is 1. The Morgan fingerprint density at radius 3 is 2.75 bits per heavy atom. The molecule has 110 valence electrons. The third-order valence-electron chi connectivity index (χ3n) is 4.25. The molecule has 1 amide bonds. The molecule has 0 spiro atoms. The molecule has 5 heteroatoms. The molecular weight excluding hydrogens is 272 g/mol. The Labute approximate surface area is 124 Å². The summed E-state index contributed by atoms with van der Waals surface area (Å²) in [4.78, 5) is 18.3. The number of aromatic nitrogens is 1. The minimum atomic E-state index is 0.0204. The van der Waals surface area contributed by atoms with Crippen molar-refractivity contribution in [2.24, 2.45) is 5.41 Å². The van der Waals surface area contributed by atoms with Crippen LogP contribution in [-0.4, -0.2) is 40.6 Å². The number of carbonyl (C=O) groups is 1. The Balaban J connectivity index is 1.90. The highest BCUT2D eigenvalue weighted by Gasteiger charge is 2.33. The first-order valence-electron chi connectivity index (χ1n) is 7.08. The van der Waals surface area contributed by atoms with Crippen LogP contribution < -0.4 is 0 Å². The zero-order valence-corrected chi connectivity index (χ0v) is 12.9. The van der Waals surface area contributed by atoms with Gasteiger partial charge in [-0.3, -0.25) is 4.79 Å². The maximum Gasteiger partial charge on any atom is 0.246 e. The lowest BCUT2D eigenvalue weighted by Crippen LogP contribution is -2.43. The van der Waals surface area contributed by atoms with Crippen molar-refractivity contribution < 1.29 is 9.90 Å². The highest BCUT2D eigenvalue weighted by Crippen LogP contribution is 2.34. The van der Waals surface area contributed by atoms with E-state index in [0.29, 0.717) is 0 Å². The maximum absolute atomic E-state index is 12.1. The van der Waals surface area contributed by atoms with Crippen molar-refractivity contribution in [3.05, 3.63) is 22.2 Å². The highest BCUT2D eigenvalue weighted by atomic mass is 32.1. The molecule has 0 aromatic carbocycles. The monoisotopic (exact) mass is 294 g/mol. The first-order valence-corrected chi connectivity index (χ1v) is 7.96. The predicted octanol–water partition coefficient (Wildman–Crippen LogP) is 2.48. The highest BCUT2D eigenvalue weighted by molar-refractivity contribution is 7.09. The van der Waals surface area contributed by atoms with E-state index in [1.807, 2.05) is 17.2 Å². The number of likely N-dealkylation sites (tertiary alicyclic amines) is 1. The van der Waals surface area contributed by atoms with E-state index < -0.39 is 0 Å². The van der Waals surface area contributed by atoms with Gasteiger partial charge in [-0.05, 0) is 37.7 Å². The SMILES string of the molecule is CCC1(CO)CCN(C(=O)/C=C/c2csc(C)n2)CC1. The van der Waals surface area contributed by atoms with E-state index in [1.54, 1.807) is 23.5 Å². The number of rotatable bonds is 4. The summed E-state index contributed by atoms with van der Waals surface area (Å²) in [7, 11) is 0. The van der Waals surface area contributed by atoms with Crippen molar-refractivity contribution in [2.45, 2.75) is 33.1 Å². The van der Waals surface area contributed by atoms with E-state index in [0.717, 1.165) is 43.1 Å². The fraction of sp³-hybridized carbons (Fsp3) is 0.600. The number of thiazole rings is 1. The second-order valence-electron chi connectivity index (χ2n) is 5.46. The number of carbonyl (C=O) groups excluding carboxylic acids is 1. The summed E-state index contributed by atoms with van der Waals surface area (Å²) < 4.78 is 0. The van der Waals surface area contributed by atoms with Crippen LogP contribution in [0.4, 0.5) is 0 Å². The van der Waals surface area contributed by atoms with Gasteiger partial charge < -0.3 is 10.0 Å². The fourth-order valence-corrected chi connectivity index (χ4v) is 3.12. The van der Waals surface area contributed by atoms with Gasteiger partial charge in [0, 0.05) is 31.2 Å². The van der Waals surface area contributed by atoms with E-state index in [4.69, 9.17) is 0 Å². The Kier molecular flexibility index (Phi) is 4.94. The largest absolute Gasteiger partial charge is 0.396 e. The van der Waals surface area contributed by atoms with Gasteiger partial charge in [-0.1, -0.05) is 6.92 Å². The van der Waals surface area contributed by atoms with Gasteiger partial charge in [0.15, 0.2) is 0 Å². The van der Waals surface area contributed by atoms with Crippen LogP contribution in [0.2, 0.25) is 0 Å². The number of amides is 1. The molecule has 1 aromatic heterocycles. The van der Waals surface area contributed by atoms with Crippen molar-refractivity contribution in [1.82, 2.24) is 9.88 Å². The Morgan fingerprint density at radius 1 is 1.55 bits per heavy atom. The molecule has 1 fully saturated rings.